The highest BCUT2D eigenvalue weighted by atomic mass is 33.1. The average molecular weight is 548 g/mol. The third-order valence-corrected chi connectivity index (χ3v) is 11.4. The van der Waals surface area contributed by atoms with Crippen LogP contribution in [-0.4, -0.2) is 10.5 Å². The fourth-order valence-corrected chi connectivity index (χ4v) is 8.98. The van der Waals surface area contributed by atoms with Crippen molar-refractivity contribution in [2.24, 2.45) is 4.99 Å². The van der Waals surface area contributed by atoms with E-state index in [0.29, 0.717) is 18.2 Å². The van der Waals surface area contributed by atoms with Crippen molar-refractivity contribution in [3.63, 3.8) is 0 Å². The Bertz CT molecular complexity index is 1160. The molecule has 0 fully saturated rings. The zero-order valence-electron chi connectivity index (χ0n) is 20.3. The van der Waals surface area contributed by atoms with E-state index in [1.54, 1.807) is 21.6 Å². The largest absolute Gasteiger partial charge is 0.443 e. The maximum atomic E-state index is 6.34. The predicted molar refractivity (Wildman–Crippen MR) is 163 cm³/mol. The van der Waals surface area contributed by atoms with Crippen molar-refractivity contribution in [1.82, 2.24) is 0 Å². The third kappa shape index (κ3) is 9.00. The molecule has 0 aromatic heterocycles. The normalized spacial score (nSPS) is 11.7. The quantitative estimate of drug-likeness (QED) is 0.0803. The molecular weight excluding hydrogens is 519 g/mol. The van der Waals surface area contributed by atoms with Gasteiger partial charge in [-0.05, 0) is 60.0 Å². The second-order valence-electron chi connectivity index (χ2n) is 8.29. The maximum Gasteiger partial charge on any atom is 0.197 e. The monoisotopic (exact) mass is 547 g/mol. The second-order valence-corrected chi connectivity index (χ2v) is 13.5. The molecule has 0 heterocycles. The van der Waals surface area contributed by atoms with E-state index in [-0.39, 0.29) is 4.58 Å². The van der Waals surface area contributed by atoms with Gasteiger partial charge in [0.15, 0.2) is 5.90 Å². The number of benzene rings is 4. The standard InChI is InChI=1S/C30H29NOS4/c1-23(2)24-18-20-25(21-19-24)31-29(32-26-12-6-3-7-13-26)22-30(35-33-27-14-8-4-9-15-27)36-34-28-16-10-5-11-17-28/h3-21,23,30H,22H2,1-2H3. The number of para-hydroxylation sites is 1. The van der Waals surface area contributed by atoms with E-state index in [1.165, 1.54) is 15.4 Å². The molecule has 0 N–H and O–H groups in total. The number of hydrogen-bond acceptors (Lipinski definition) is 6. The summed E-state index contributed by atoms with van der Waals surface area (Å²) < 4.78 is 6.56. The van der Waals surface area contributed by atoms with Crippen LogP contribution in [0.3, 0.4) is 0 Å². The smallest absolute Gasteiger partial charge is 0.197 e. The third-order valence-electron chi connectivity index (χ3n) is 5.12. The number of hydrogen-bond donors (Lipinski definition) is 0. The van der Waals surface area contributed by atoms with Crippen molar-refractivity contribution in [3.05, 3.63) is 121 Å². The molecule has 0 radical (unpaired) electrons. The van der Waals surface area contributed by atoms with Crippen LogP contribution in [0, 0.1) is 0 Å². The molecule has 6 heteroatoms. The Hall–Kier alpha value is -2.25. The van der Waals surface area contributed by atoms with Crippen LogP contribution in [0.15, 0.2) is 130 Å². The molecule has 0 saturated carbocycles. The van der Waals surface area contributed by atoms with E-state index >= 15 is 0 Å². The summed E-state index contributed by atoms with van der Waals surface area (Å²) in [6.07, 6.45) is 0.690. The number of ether oxygens (including phenoxy) is 1. The zero-order valence-corrected chi connectivity index (χ0v) is 23.6. The molecule has 0 unspecified atom stereocenters. The van der Waals surface area contributed by atoms with Gasteiger partial charge in [0.25, 0.3) is 0 Å². The van der Waals surface area contributed by atoms with Crippen molar-refractivity contribution in [2.75, 3.05) is 0 Å². The summed E-state index contributed by atoms with van der Waals surface area (Å²) in [5.41, 5.74) is 2.22. The van der Waals surface area contributed by atoms with E-state index in [1.807, 2.05) is 51.9 Å². The summed E-state index contributed by atoms with van der Waals surface area (Å²) in [5.74, 6) is 2.01. The van der Waals surface area contributed by atoms with Crippen LogP contribution in [0.5, 0.6) is 5.75 Å². The Kier molecular flexibility index (Phi) is 10.8. The van der Waals surface area contributed by atoms with Crippen LogP contribution in [0.2, 0.25) is 0 Å². The van der Waals surface area contributed by atoms with Crippen LogP contribution >= 0.6 is 43.2 Å². The van der Waals surface area contributed by atoms with Crippen LogP contribution in [0.4, 0.5) is 5.69 Å². The highest BCUT2D eigenvalue weighted by molar-refractivity contribution is 8.85. The topological polar surface area (TPSA) is 21.6 Å². The van der Waals surface area contributed by atoms with Crippen molar-refractivity contribution < 1.29 is 4.74 Å². The molecule has 0 aliphatic heterocycles. The molecule has 4 rings (SSSR count). The number of nitrogens with zero attached hydrogens (tertiary/aromatic N) is 1. The van der Waals surface area contributed by atoms with E-state index in [4.69, 9.17) is 9.73 Å². The van der Waals surface area contributed by atoms with Gasteiger partial charge >= 0.3 is 0 Å². The SMILES string of the molecule is CC(C)c1ccc(N=C(CC(SSc2ccccc2)SSc2ccccc2)Oc2ccccc2)cc1. The Morgan fingerprint density at radius 2 is 1.17 bits per heavy atom. The van der Waals surface area contributed by atoms with Gasteiger partial charge in [-0.2, -0.15) is 0 Å². The van der Waals surface area contributed by atoms with Crippen molar-refractivity contribution in [3.8, 4) is 5.75 Å². The van der Waals surface area contributed by atoms with Crippen molar-refractivity contribution in [1.29, 1.82) is 0 Å². The Balaban J connectivity index is 1.55. The molecule has 0 amide bonds. The fourth-order valence-electron chi connectivity index (χ4n) is 3.21. The molecule has 0 aliphatic carbocycles. The Morgan fingerprint density at radius 3 is 1.67 bits per heavy atom. The van der Waals surface area contributed by atoms with Gasteiger partial charge in [0.1, 0.15) is 5.75 Å². The first-order valence-corrected chi connectivity index (χ1v) is 16.3. The van der Waals surface area contributed by atoms with Gasteiger partial charge < -0.3 is 4.74 Å². The minimum Gasteiger partial charge on any atom is -0.443 e. The van der Waals surface area contributed by atoms with Gasteiger partial charge in [-0.1, -0.05) is 124 Å². The van der Waals surface area contributed by atoms with E-state index in [9.17, 15) is 0 Å². The van der Waals surface area contributed by atoms with Gasteiger partial charge in [0, 0.05) is 16.2 Å². The van der Waals surface area contributed by atoms with Gasteiger partial charge in [0.05, 0.1) is 10.3 Å². The van der Waals surface area contributed by atoms with Crippen LogP contribution < -0.4 is 4.74 Å². The van der Waals surface area contributed by atoms with Crippen LogP contribution in [-0.2, 0) is 0 Å². The first-order chi connectivity index (χ1) is 17.7. The van der Waals surface area contributed by atoms with E-state index < -0.39 is 0 Å². The van der Waals surface area contributed by atoms with E-state index in [0.717, 1.165) is 11.4 Å². The van der Waals surface area contributed by atoms with Crippen molar-refractivity contribution in [2.45, 2.75) is 40.6 Å². The lowest BCUT2D eigenvalue weighted by atomic mass is 10.0. The summed E-state index contributed by atoms with van der Waals surface area (Å²) in [6.45, 7) is 4.41. The molecule has 0 saturated heterocycles. The summed E-state index contributed by atoms with van der Waals surface area (Å²) in [7, 11) is 7.29. The molecular formula is C30H29NOS4. The summed E-state index contributed by atoms with van der Waals surface area (Å²) in [4.78, 5) is 7.43. The van der Waals surface area contributed by atoms with Crippen LogP contribution in [0.25, 0.3) is 0 Å². The minimum atomic E-state index is 0.220. The van der Waals surface area contributed by atoms with Gasteiger partial charge in [-0.15, -0.1) is 0 Å². The number of aliphatic imine (C=N–C) groups is 1. The van der Waals surface area contributed by atoms with E-state index in [2.05, 4.69) is 98.8 Å². The molecule has 4 aromatic rings. The minimum absolute atomic E-state index is 0.220. The maximum absolute atomic E-state index is 6.34. The molecule has 184 valence electrons. The van der Waals surface area contributed by atoms with Gasteiger partial charge in [-0.25, -0.2) is 4.99 Å². The zero-order chi connectivity index (χ0) is 25.0. The number of rotatable bonds is 11. The molecule has 2 nitrogen and oxygen atoms in total. The molecule has 0 atom stereocenters. The summed E-state index contributed by atoms with van der Waals surface area (Å²) in [5, 5.41) is 0. The molecule has 0 bridgehead atoms. The lowest BCUT2D eigenvalue weighted by molar-refractivity contribution is 0.535. The average Bonchev–Trinajstić information content (AvgIpc) is 2.92. The highest BCUT2D eigenvalue weighted by Gasteiger charge is 2.18. The fraction of sp³-hybridized carbons (Fsp3) is 0.167. The molecule has 0 aliphatic rings. The first kappa shape index (κ1) is 26.8. The first-order valence-electron chi connectivity index (χ1n) is 11.8. The van der Waals surface area contributed by atoms with Gasteiger partial charge in [-0.3, -0.25) is 0 Å². The van der Waals surface area contributed by atoms with Crippen molar-refractivity contribution >= 4 is 54.8 Å². The molecule has 36 heavy (non-hydrogen) atoms. The predicted octanol–water partition coefficient (Wildman–Crippen LogP) is 10.5. The summed E-state index contributed by atoms with van der Waals surface area (Å²) >= 11 is 0. The lowest BCUT2D eigenvalue weighted by Crippen LogP contribution is -2.13. The lowest BCUT2D eigenvalue weighted by Gasteiger charge is -2.17. The Labute approximate surface area is 230 Å². The highest BCUT2D eigenvalue weighted by Crippen LogP contribution is 2.47. The molecule has 0 spiro atoms. The summed E-state index contributed by atoms with van der Waals surface area (Å²) in [6, 6.07) is 39.4. The molecule has 4 aromatic carbocycles. The Morgan fingerprint density at radius 1 is 0.667 bits per heavy atom. The van der Waals surface area contributed by atoms with Gasteiger partial charge in [0.2, 0.25) is 0 Å². The van der Waals surface area contributed by atoms with Crippen LogP contribution in [0.1, 0.15) is 31.7 Å². The second kappa shape index (κ2) is 14.5.